The second kappa shape index (κ2) is 9.41. The van der Waals surface area contributed by atoms with Crippen molar-refractivity contribution < 1.29 is 18.7 Å². The molecule has 0 radical (unpaired) electrons. The average molecular weight is 479 g/mol. The Morgan fingerprint density at radius 2 is 1.94 bits per heavy atom. The number of thioether (sulfide) groups is 1. The van der Waals surface area contributed by atoms with E-state index in [1.54, 1.807) is 11.3 Å². The van der Waals surface area contributed by atoms with Crippen LogP contribution in [0.3, 0.4) is 0 Å². The molecule has 8 heteroatoms. The Bertz CT molecular complexity index is 1310. The van der Waals surface area contributed by atoms with Gasteiger partial charge in [-0.15, -0.1) is 11.3 Å². The van der Waals surface area contributed by atoms with Gasteiger partial charge in [0.1, 0.15) is 11.5 Å². The summed E-state index contributed by atoms with van der Waals surface area (Å²) in [6.45, 7) is 2.42. The lowest BCUT2D eigenvalue weighted by molar-refractivity contribution is -0.119. The zero-order valence-corrected chi connectivity index (χ0v) is 19.6. The van der Waals surface area contributed by atoms with E-state index in [2.05, 4.69) is 27.8 Å². The summed E-state index contributed by atoms with van der Waals surface area (Å²) in [4.78, 5) is 27.9. The van der Waals surface area contributed by atoms with E-state index in [0.29, 0.717) is 25.3 Å². The molecule has 5 rings (SSSR count). The van der Waals surface area contributed by atoms with Crippen LogP contribution in [0.25, 0.3) is 21.5 Å². The molecular formula is C25H22N2O4S2. The number of imide groups is 1. The number of benzene rings is 2. The van der Waals surface area contributed by atoms with Gasteiger partial charge in [-0.25, -0.2) is 4.98 Å². The first kappa shape index (κ1) is 21.7. The summed E-state index contributed by atoms with van der Waals surface area (Å²) >= 11 is 2.74. The molecule has 6 nitrogen and oxygen atoms in total. The van der Waals surface area contributed by atoms with E-state index in [1.165, 1.54) is 5.56 Å². The van der Waals surface area contributed by atoms with Crippen molar-refractivity contribution in [1.82, 2.24) is 10.3 Å². The number of nitrogens with one attached hydrogen (secondary N) is 1. The smallest absolute Gasteiger partial charge is 0.286 e. The fourth-order valence-corrected chi connectivity index (χ4v) is 5.69. The number of amides is 2. The van der Waals surface area contributed by atoms with E-state index in [-0.39, 0.29) is 16.4 Å². The van der Waals surface area contributed by atoms with Gasteiger partial charge >= 0.3 is 0 Å². The highest BCUT2D eigenvalue weighted by molar-refractivity contribution is 8.15. The van der Waals surface area contributed by atoms with Gasteiger partial charge in [-0.05, 0) is 55.0 Å². The molecule has 1 saturated heterocycles. The van der Waals surface area contributed by atoms with Crippen LogP contribution >= 0.6 is 23.1 Å². The summed E-state index contributed by atoms with van der Waals surface area (Å²) in [5.74, 6) is 2.08. The van der Waals surface area contributed by atoms with Crippen molar-refractivity contribution in [1.29, 1.82) is 0 Å². The number of carbonyl (C=O) groups excluding carboxylic acids is 2. The molecule has 1 unspecified atom stereocenters. The maximum Gasteiger partial charge on any atom is 0.286 e. The van der Waals surface area contributed by atoms with Gasteiger partial charge in [0, 0.05) is 22.1 Å². The Hall–Kier alpha value is -3.10. The van der Waals surface area contributed by atoms with Gasteiger partial charge in [0.2, 0.25) is 11.8 Å². The molecule has 2 aromatic heterocycles. The second-order valence-electron chi connectivity index (χ2n) is 7.79. The quantitative estimate of drug-likeness (QED) is 0.346. The molecule has 1 fully saturated rings. The summed E-state index contributed by atoms with van der Waals surface area (Å²) in [5, 5.41) is 4.90. The molecule has 0 bridgehead atoms. The van der Waals surface area contributed by atoms with Crippen LogP contribution < -0.4 is 10.1 Å². The third-order valence-electron chi connectivity index (χ3n) is 5.61. The van der Waals surface area contributed by atoms with Crippen LogP contribution in [0.1, 0.15) is 23.4 Å². The third kappa shape index (κ3) is 4.67. The van der Waals surface area contributed by atoms with Gasteiger partial charge < -0.3 is 9.15 Å². The van der Waals surface area contributed by atoms with E-state index in [9.17, 15) is 9.59 Å². The van der Waals surface area contributed by atoms with Crippen molar-refractivity contribution in [2.45, 2.75) is 31.4 Å². The molecule has 2 amide bonds. The van der Waals surface area contributed by atoms with Crippen LogP contribution in [0.15, 0.2) is 58.3 Å². The highest BCUT2D eigenvalue weighted by atomic mass is 32.2. The van der Waals surface area contributed by atoms with Crippen LogP contribution in [0.2, 0.25) is 0 Å². The first-order chi connectivity index (χ1) is 16.1. The largest absolute Gasteiger partial charge is 0.493 e. The number of oxazole rings is 1. The Morgan fingerprint density at radius 3 is 2.73 bits per heavy atom. The SMILES string of the molecule is Cc1oc(-c2ccccc2)nc1CCOc1ccc(CCC2SC(=O)NC2=O)c2sccc12. The highest BCUT2D eigenvalue weighted by Gasteiger charge is 2.31. The van der Waals surface area contributed by atoms with Gasteiger partial charge in [0.25, 0.3) is 5.24 Å². The normalized spacial score (nSPS) is 15.8. The van der Waals surface area contributed by atoms with E-state index < -0.39 is 0 Å². The number of fused-ring (bicyclic) bond motifs is 1. The van der Waals surface area contributed by atoms with E-state index in [1.807, 2.05) is 43.3 Å². The van der Waals surface area contributed by atoms with Crippen molar-refractivity contribution >= 4 is 44.3 Å². The lowest BCUT2D eigenvalue weighted by Gasteiger charge is -2.11. The third-order valence-corrected chi connectivity index (χ3v) is 7.65. The number of ether oxygens (including phenoxy) is 1. The minimum atomic E-state index is -0.310. The number of aryl methyl sites for hydroxylation is 2. The number of aromatic nitrogens is 1. The molecule has 0 aliphatic carbocycles. The zero-order valence-electron chi connectivity index (χ0n) is 18.0. The molecule has 1 aliphatic heterocycles. The van der Waals surface area contributed by atoms with Crippen LogP contribution in [-0.2, 0) is 17.6 Å². The first-order valence-electron chi connectivity index (χ1n) is 10.7. The number of hydrogen-bond acceptors (Lipinski definition) is 7. The lowest BCUT2D eigenvalue weighted by Crippen LogP contribution is -2.24. The standard InChI is InChI=1S/C25H22N2O4S2/c1-15-19(26-24(31-15)17-5-3-2-4-6-17)11-13-30-20-9-7-16(22-18(20)12-14-32-22)8-10-21-23(28)27-25(29)33-21/h2-7,9,12,14,21H,8,10-11,13H2,1H3,(H,27,28,29). The molecular weight excluding hydrogens is 456 g/mol. The molecule has 1 atom stereocenters. The maximum absolute atomic E-state index is 11.8. The van der Waals surface area contributed by atoms with E-state index in [4.69, 9.17) is 9.15 Å². The summed E-state index contributed by atoms with van der Waals surface area (Å²) in [6.07, 6.45) is 2.01. The first-order valence-corrected chi connectivity index (χ1v) is 12.5. The van der Waals surface area contributed by atoms with Crippen LogP contribution in [-0.4, -0.2) is 28.0 Å². The van der Waals surface area contributed by atoms with Crippen LogP contribution in [0.5, 0.6) is 5.75 Å². The van der Waals surface area contributed by atoms with Crippen molar-refractivity contribution in [2.24, 2.45) is 0 Å². The second-order valence-corrected chi connectivity index (χ2v) is 9.89. The number of nitrogens with zero attached hydrogens (tertiary/aromatic N) is 1. The lowest BCUT2D eigenvalue weighted by atomic mass is 10.1. The number of hydrogen-bond donors (Lipinski definition) is 1. The minimum absolute atomic E-state index is 0.189. The van der Waals surface area contributed by atoms with E-state index in [0.717, 1.165) is 51.0 Å². The molecule has 4 aromatic rings. The molecule has 2 aromatic carbocycles. The molecule has 1 aliphatic rings. The van der Waals surface area contributed by atoms with Gasteiger partial charge in [0.05, 0.1) is 17.6 Å². The molecule has 0 saturated carbocycles. The number of rotatable bonds is 8. The molecule has 3 heterocycles. The highest BCUT2D eigenvalue weighted by Crippen LogP contribution is 2.35. The summed E-state index contributed by atoms with van der Waals surface area (Å²) in [7, 11) is 0. The van der Waals surface area contributed by atoms with Gasteiger partial charge in [-0.2, -0.15) is 0 Å². The van der Waals surface area contributed by atoms with Crippen molar-refractivity contribution in [2.75, 3.05) is 6.61 Å². The van der Waals surface area contributed by atoms with Gasteiger partial charge in [-0.1, -0.05) is 36.0 Å². The molecule has 33 heavy (non-hydrogen) atoms. The van der Waals surface area contributed by atoms with Crippen LogP contribution in [0.4, 0.5) is 4.79 Å². The van der Waals surface area contributed by atoms with Crippen molar-refractivity contribution in [3.05, 3.63) is 70.9 Å². The predicted octanol–water partition coefficient (Wildman–Crippen LogP) is 5.77. The summed E-state index contributed by atoms with van der Waals surface area (Å²) in [5.41, 5.74) is 3.02. The Balaban J connectivity index is 1.24. The zero-order chi connectivity index (χ0) is 22.8. The van der Waals surface area contributed by atoms with Gasteiger partial charge in [-0.3, -0.25) is 14.9 Å². The Labute approximate surface area is 199 Å². The van der Waals surface area contributed by atoms with Crippen LogP contribution in [0, 0.1) is 6.92 Å². The monoisotopic (exact) mass is 478 g/mol. The molecule has 0 spiro atoms. The number of thiophene rings is 1. The Morgan fingerprint density at radius 1 is 1.09 bits per heavy atom. The fourth-order valence-electron chi connectivity index (χ4n) is 3.91. The Kier molecular flexibility index (Phi) is 6.20. The summed E-state index contributed by atoms with van der Waals surface area (Å²) < 4.78 is 13.1. The topological polar surface area (TPSA) is 81.4 Å². The molecule has 168 valence electrons. The van der Waals surface area contributed by atoms with Crippen molar-refractivity contribution in [3.63, 3.8) is 0 Å². The number of carbonyl (C=O) groups is 2. The maximum atomic E-state index is 11.8. The van der Waals surface area contributed by atoms with Gasteiger partial charge in [0.15, 0.2) is 0 Å². The van der Waals surface area contributed by atoms with Crippen molar-refractivity contribution in [3.8, 4) is 17.2 Å². The average Bonchev–Trinajstić information content (AvgIpc) is 3.53. The predicted molar refractivity (Wildman–Crippen MR) is 131 cm³/mol. The van der Waals surface area contributed by atoms with E-state index >= 15 is 0 Å². The summed E-state index contributed by atoms with van der Waals surface area (Å²) in [6, 6.07) is 16.0. The molecule has 1 N–H and O–H groups in total. The minimum Gasteiger partial charge on any atom is -0.493 e. The fraction of sp³-hybridized carbons (Fsp3) is 0.240.